The van der Waals surface area contributed by atoms with Gasteiger partial charge >= 0.3 is 0 Å². The van der Waals surface area contributed by atoms with Crippen molar-refractivity contribution in [3.05, 3.63) is 35.4 Å². The van der Waals surface area contributed by atoms with Gasteiger partial charge in [0.05, 0.1) is 6.61 Å². The molecule has 2 nitrogen and oxygen atoms in total. The standard InChI is InChI=1S/C17H21ClO2/c1-2-3-4-5-6-11-20-17-10-9-16(19)14-8-7-13(18)12-15(14)17/h7-10,12,19H,2-6,11H2,1H3. The number of hydrogen-bond donors (Lipinski definition) is 1. The maximum absolute atomic E-state index is 9.86. The number of halogens is 1. The highest BCUT2D eigenvalue weighted by molar-refractivity contribution is 6.31. The average molecular weight is 293 g/mol. The zero-order chi connectivity index (χ0) is 14.4. The summed E-state index contributed by atoms with van der Waals surface area (Å²) in [5.74, 6) is 1.04. The monoisotopic (exact) mass is 292 g/mol. The van der Waals surface area contributed by atoms with Crippen molar-refractivity contribution in [3.63, 3.8) is 0 Å². The molecule has 0 aliphatic heterocycles. The molecule has 0 saturated carbocycles. The van der Waals surface area contributed by atoms with Crippen molar-refractivity contribution in [2.45, 2.75) is 39.0 Å². The first-order chi connectivity index (χ1) is 9.72. The zero-order valence-corrected chi connectivity index (χ0v) is 12.6. The van der Waals surface area contributed by atoms with E-state index < -0.39 is 0 Å². The van der Waals surface area contributed by atoms with E-state index in [1.807, 2.05) is 12.1 Å². The molecular formula is C17H21ClO2. The summed E-state index contributed by atoms with van der Waals surface area (Å²) >= 11 is 6.02. The van der Waals surface area contributed by atoms with Crippen molar-refractivity contribution in [2.24, 2.45) is 0 Å². The van der Waals surface area contributed by atoms with Gasteiger partial charge < -0.3 is 9.84 Å². The third-order valence-corrected chi connectivity index (χ3v) is 3.66. The lowest BCUT2D eigenvalue weighted by atomic mass is 10.1. The van der Waals surface area contributed by atoms with Gasteiger partial charge in [0.2, 0.25) is 0 Å². The van der Waals surface area contributed by atoms with Crippen molar-refractivity contribution in [3.8, 4) is 11.5 Å². The van der Waals surface area contributed by atoms with Crippen molar-refractivity contribution in [1.82, 2.24) is 0 Å². The Kier molecular flexibility index (Phi) is 5.54. The van der Waals surface area contributed by atoms with Crippen LogP contribution in [0.1, 0.15) is 39.0 Å². The zero-order valence-electron chi connectivity index (χ0n) is 11.9. The average Bonchev–Trinajstić information content (AvgIpc) is 2.45. The molecule has 0 aliphatic carbocycles. The number of phenolic OH excluding ortho intramolecular Hbond substituents is 1. The van der Waals surface area contributed by atoms with Crippen LogP contribution in [0.25, 0.3) is 10.8 Å². The van der Waals surface area contributed by atoms with Gasteiger partial charge in [-0.2, -0.15) is 0 Å². The first-order valence-corrected chi connectivity index (χ1v) is 7.64. The molecule has 2 aromatic carbocycles. The number of ether oxygens (including phenoxy) is 1. The Morgan fingerprint density at radius 1 is 1.00 bits per heavy atom. The van der Waals surface area contributed by atoms with Gasteiger partial charge in [-0.05, 0) is 36.8 Å². The highest BCUT2D eigenvalue weighted by Gasteiger charge is 2.07. The van der Waals surface area contributed by atoms with Gasteiger partial charge in [0.25, 0.3) is 0 Å². The number of phenols is 1. The van der Waals surface area contributed by atoms with Crippen LogP contribution in [0.5, 0.6) is 11.5 Å². The SMILES string of the molecule is CCCCCCCOc1ccc(O)c2ccc(Cl)cc12. The summed E-state index contributed by atoms with van der Waals surface area (Å²) in [7, 11) is 0. The van der Waals surface area contributed by atoms with Crippen LogP contribution in [0, 0.1) is 0 Å². The molecule has 2 rings (SSSR count). The van der Waals surface area contributed by atoms with E-state index in [-0.39, 0.29) is 5.75 Å². The van der Waals surface area contributed by atoms with Gasteiger partial charge in [-0.3, -0.25) is 0 Å². The van der Waals surface area contributed by atoms with E-state index in [0.29, 0.717) is 11.6 Å². The first-order valence-electron chi connectivity index (χ1n) is 7.26. The van der Waals surface area contributed by atoms with Crippen LogP contribution in [-0.2, 0) is 0 Å². The van der Waals surface area contributed by atoms with E-state index in [9.17, 15) is 5.11 Å². The highest BCUT2D eigenvalue weighted by atomic mass is 35.5. The van der Waals surface area contributed by atoms with Crippen molar-refractivity contribution >= 4 is 22.4 Å². The lowest BCUT2D eigenvalue weighted by Gasteiger charge is -2.10. The molecule has 0 saturated heterocycles. The normalized spacial score (nSPS) is 10.9. The largest absolute Gasteiger partial charge is 0.507 e. The molecule has 0 aliphatic rings. The number of unbranched alkanes of at least 4 members (excludes halogenated alkanes) is 4. The van der Waals surface area contributed by atoms with Gasteiger partial charge in [0.15, 0.2) is 0 Å². The van der Waals surface area contributed by atoms with Crippen molar-refractivity contribution in [1.29, 1.82) is 0 Å². The maximum atomic E-state index is 9.86. The minimum absolute atomic E-state index is 0.256. The van der Waals surface area contributed by atoms with Crippen LogP contribution in [0.15, 0.2) is 30.3 Å². The molecule has 0 heterocycles. The summed E-state index contributed by atoms with van der Waals surface area (Å²) in [4.78, 5) is 0. The van der Waals surface area contributed by atoms with Crippen LogP contribution in [0.4, 0.5) is 0 Å². The second kappa shape index (κ2) is 7.39. The van der Waals surface area contributed by atoms with Crippen LogP contribution in [0.3, 0.4) is 0 Å². The van der Waals surface area contributed by atoms with Crippen molar-refractivity contribution in [2.75, 3.05) is 6.61 Å². The fourth-order valence-corrected chi connectivity index (χ4v) is 2.46. The Balaban J connectivity index is 2.03. The number of hydrogen-bond acceptors (Lipinski definition) is 2. The molecule has 20 heavy (non-hydrogen) atoms. The van der Waals surface area contributed by atoms with Gasteiger partial charge in [-0.1, -0.05) is 44.2 Å². The molecule has 1 N–H and O–H groups in total. The van der Waals surface area contributed by atoms with Gasteiger partial charge in [-0.25, -0.2) is 0 Å². The summed E-state index contributed by atoms with van der Waals surface area (Å²) < 4.78 is 5.84. The molecule has 3 heteroatoms. The van der Waals surface area contributed by atoms with Crippen LogP contribution >= 0.6 is 11.6 Å². The Morgan fingerprint density at radius 2 is 1.80 bits per heavy atom. The quantitative estimate of drug-likeness (QED) is 0.678. The Bertz CT molecular complexity index is 566. The van der Waals surface area contributed by atoms with E-state index in [2.05, 4.69) is 6.92 Å². The molecular weight excluding hydrogens is 272 g/mol. The lowest BCUT2D eigenvalue weighted by molar-refractivity contribution is 0.307. The molecule has 0 aromatic heterocycles. The minimum Gasteiger partial charge on any atom is -0.507 e. The fraction of sp³-hybridized carbons (Fsp3) is 0.412. The predicted molar refractivity (Wildman–Crippen MR) is 84.9 cm³/mol. The van der Waals surface area contributed by atoms with E-state index in [1.165, 1.54) is 25.7 Å². The summed E-state index contributed by atoms with van der Waals surface area (Å²) in [5, 5.41) is 12.1. The van der Waals surface area contributed by atoms with E-state index >= 15 is 0 Å². The fourth-order valence-electron chi connectivity index (χ4n) is 2.29. The molecule has 0 atom stereocenters. The Morgan fingerprint density at radius 3 is 2.60 bits per heavy atom. The summed E-state index contributed by atoms with van der Waals surface area (Å²) in [6.07, 6.45) is 6.06. The number of benzene rings is 2. The van der Waals surface area contributed by atoms with Gasteiger partial charge in [0, 0.05) is 15.8 Å². The third-order valence-electron chi connectivity index (χ3n) is 3.42. The second-order valence-corrected chi connectivity index (χ2v) is 5.47. The minimum atomic E-state index is 0.256. The lowest BCUT2D eigenvalue weighted by Crippen LogP contribution is -1.98. The summed E-state index contributed by atoms with van der Waals surface area (Å²) in [6.45, 7) is 2.92. The van der Waals surface area contributed by atoms with Gasteiger partial charge in [-0.15, -0.1) is 0 Å². The summed E-state index contributed by atoms with van der Waals surface area (Å²) in [6, 6.07) is 8.91. The second-order valence-electron chi connectivity index (χ2n) is 5.04. The number of aromatic hydroxyl groups is 1. The number of rotatable bonds is 7. The van der Waals surface area contributed by atoms with E-state index in [4.69, 9.17) is 16.3 Å². The molecule has 2 aromatic rings. The Hall–Kier alpha value is -1.41. The first kappa shape index (κ1) is 15.0. The maximum Gasteiger partial charge on any atom is 0.127 e. The molecule has 108 valence electrons. The van der Waals surface area contributed by atoms with Crippen LogP contribution < -0.4 is 4.74 Å². The smallest absolute Gasteiger partial charge is 0.127 e. The van der Waals surface area contributed by atoms with Gasteiger partial charge in [0.1, 0.15) is 11.5 Å². The molecule has 0 bridgehead atoms. The molecule has 0 radical (unpaired) electrons. The van der Waals surface area contributed by atoms with E-state index in [0.717, 1.165) is 22.9 Å². The topological polar surface area (TPSA) is 29.5 Å². The van der Waals surface area contributed by atoms with Crippen LogP contribution in [-0.4, -0.2) is 11.7 Å². The summed E-state index contributed by atoms with van der Waals surface area (Å²) in [5.41, 5.74) is 0. The van der Waals surface area contributed by atoms with E-state index in [1.54, 1.807) is 18.2 Å². The molecule has 0 amide bonds. The van der Waals surface area contributed by atoms with Crippen molar-refractivity contribution < 1.29 is 9.84 Å². The molecule has 0 fully saturated rings. The molecule has 0 unspecified atom stereocenters. The number of fused-ring (bicyclic) bond motifs is 1. The third kappa shape index (κ3) is 3.80. The Labute approximate surface area is 125 Å². The molecule has 0 spiro atoms. The predicted octanol–water partition coefficient (Wildman–Crippen LogP) is 5.55. The van der Waals surface area contributed by atoms with Crippen LogP contribution in [0.2, 0.25) is 5.02 Å². The highest BCUT2D eigenvalue weighted by Crippen LogP contribution is 2.34.